The molecule has 0 N–H and O–H groups in total. The van der Waals surface area contributed by atoms with Gasteiger partial charge in [-0.05, 0) is 30.0 Å². The Morgan fingerprint density at radius 1 is 1.28 bits per heavy atom. The molecule has 1 aliphatic rings. The minimum Gasteiger partial charge on any atom is -0.491 e. The third kappa shape index (κ3) is 5.07. The van der Waals surface area contributed by atoms with Crippen LogP contribution < -0.4 is 4.74 Å². The molecular weight excluding hydrogens is 228 g/mol. The van der Waals surface area contributed by atoms with Crippen molar-refractivity contribution in [3.63, 3.8) is 0 Å². The fourth-order valence-corrected chi connectivity index (χ4v) is 1.61. The second kappa shape index (κ2) is 6.76. The average Bonchev–Trinajstić information content (AvgIpc) is 3.17. The second-order valence-electron chi connectivity index (χ2n) is 5.13. The highest BCUT2D eigenvalue weighted by molar-refractivity contribution is 5.27. The molecule has 1 atom stereocenters. The SMILES string of the molecule is CC(C)COCCc1ccc(OCC2CO2)cc1. The summed E-state index contributed by atoms with van der Waals surface area (Å²) in [5, 5.41) is 0. The molecule has 1 aromatic carbocycles. The number of ether oxygens (including phenoxy) is 3. The molecule has 1 saturated heterocycles. The molecule has 1 unspecified atom stereocenters. The lowest BCUT2D eigenvalue weighted by Gasteiger charge is -2.08. The molecule has 0 aromatic heterocycles. The van der Waals surface area contributed by atoms with Crippen molar-refractivity contribution in [1.82, 2.24) is 0 Å². The lowest BCUT2D eigenvalue weighted by molar-refractivity contribution is 0.112. The number of hydrogen-bond donors (Lipinski definition) is 0. The maximum Gasteiger partial charge on any atom is 0.119 e. The molecule has 0 aliphatic carbocycles. The van der Waals surface area contributed by atoms with Crippen LogP contribution in [-0.2, 0) is 15.9 Å². The predicted molar refractivity (Wildman–Crippen MR) is 71.0 cm³/mol. The van der Waals surface area contributed by atoms with Crippen LogP contribution in [0.5, 0.6) is 5.75 Å². The zero-order valence-electron chi connectivity index (χ0n) is 11.2. The highest BCUT2D eigenvalue weighted by Gasteiger charge is 2.22. The molecule has 3 heteroatoms. The van der Waals surface area contributed by atoms with E-state index in [1.807, 2.05) is 12.1 Å². The van der Waals surface area contributed by atoms with Gasteiger partial charge in [0.25, 0.3) is 0 Å². The van der Waals surface area contributed by atoms with E-state index in [0.29, 0.717) is 18.6 Å². The van der Waals surface area contributed by atoms with Crippen molar-refractivity contribution in [1.29, 1.82) is 0 Å². The average molecular weight is 250 g/mol. The Morgan fingerprint density at radius 2 is 2.00 bits per heavy atom. The molecule has 1 fully saturated rings. The Morgan fingerprint density at radius 3 is 2.61 bits per heavy atom. The number of benzene rings is 1. The minimum atomic E-state index is 0.314. The molecule has 1 aromatic rings. The normalized spacial score (nSPS) is 18.1. The fourth-order valence-electron chi connectivity index (χ4n) is 1.61. The number of rotatable bonds is 8. The number of hydrogen-bond acceptors (Lipinski definition) is 3. The van der Waals surface area contributed by atoms with E-state index < -0.39 is 0 Å². The van der Waals surface area contributed by atoms with E-state index in [9.17, 15) is 0 Å². The van der Waals surface area contributed by atoms with Crippen LogP contribution in [0.3, 0.4) is 0 Å². The first-order valence-corrected chi connectivity index (χ1v) is 6.65. The molecular formula is C15H22O3. The van der Waals surface area contributed by atoms with Gasteiger partial charge in [0.15, 0.2) is 0 Å². The van der Waals surface area contributed by atoms with Crippen molar-refractivity contribution in [3.05, 3.63) is 29.8 Å². The van der Waals surface area contributed by atoms with E-state index in [0.717, 1.165) is 32.0 Å². The van der Waals surface area contributed by atoms with Crippen molar-refractivity contribution in [2.75, 3.05) is 26.4 Å². The summed E-state index contributed by atoms with van der Waals surface area (Å²) in [4.78, 5) is 0. The molecule has 2 rings (SSSR count). The van der Waals surface area contributed by atoms with Crippen molar-refractivity contribution in [2.24, 2.45) is 5.92 Å². The van der Waals surface area contributed by atoms with Crippen LogP contribution >= 0.6 is 0 Å². The molecule has 0 bridgehead atoms. The largest absolute Gasteiger partial charge is 0.491 e. The van der Waals surface area contributed by atoms with E-state index in [1.165, 1.54) is 5.56 Å². The van der Waals surface area contributed by atoms with E-state index in [1.54, 1.807) is 0 Å². The minimum absolute atomic E-state index is 0.314. The number of epoxide rings is 1. The second-order valence-corrected chi connectivity index (χ2v) is 5.13. The van der Waals surface area contributed by atoms with Gasteiger partial charge in [0.2, 0.25) is 0 Å². The summed E-state index contributed by atoms with van der Waals surface area (Å²) in [6, 6.07) is 8.23. The predicted octanol–water partition coefficient (Wildman–Crippen LogP) is 2.68. The van der Waals surface area contributed by atoms with Gasteiger partial charge in [-0.3, -0.25) is 0 Å². The summed E-state index contributed by atoms with van der Waals surface area (Å²) < 4.78 is 16.3. The van der Waals surface area contributed by atoms with Gasteiger partial charge in [0.05, 0.1) is 13.2 Å². The summed E-state index contributed by atoms with van der Waals surface area (Å²) in [7, 11) is 0. The van der Waals surface area contributed by atoms with Crippen LogP contribution in [0.25, 0.3) is 0 Å². The van der Waals surface area contributed by atoms with Gasteiger partial charge in [0.1, 0.15) is 18.5 Å². The van der Waals surface area contributed by atoms with E-state index in [4.69, 9.17) is 14.2 Å². The summed E-state index contributed by atoms with van der Waals surface area (Å²) in [6.45, 7) is 7.45. The Balaban J connectivity index is 1.66. The topological polar surface area (TPSA) is 31.0 Å². The quantitative estimate of drug-likeness (QED) is 0.525. The van der Waals surface area contributed by atoms with Crippen LogP contribution in [0.4, 0.5) is 0 Å². The highest BCUT2D eigenvalue weighted by atomic mass is 16.6. The van der Waals surface area contributed by atoms with Gasteiger partial charge in [0, 0.05) is 6.61 Å². The molecule has 100 valence electrons. The lowest BCUT2D eigenvalue weighted by atomic mass is 10.1. The Bertz CT molecular complexity index is 341. The molecule has 0 amide bonds. The Hall–Kier alpha value is -1.06. The zero-order valence-corrected chi connectivity index (χ0v) is 11.2. The standard InChI is InChI=1S/C15H22O3/c1-12(2)9-16-8-7-13-3-5-14(6-4-13)17-10-15-11-18-15/h3-6,12,15H,7-11H2,1-2H3. The van der Waals surface area contributed by atoms with E-state index >= 15 is 0 Å². The molecule has 0 radical (unpaired) electrons. The summed E-state index contributed by atoms with van der Waals surface area (Å²) >= 11 is 0. The lowest BCUT2D eigenvalue weighted by Crippen LogP contribution is -2.05. The monoisotopic (exact) mass is 250 g/mol. The maximum absolute atomic E-state index is 5.59. The van der Waals surface area contributed by atoms with E-state index in [-0.39, 0.29) is 0 Å². The van der Waals surface area contributed by atoms with Crippen LogP contribution in [0, 0.1) is 5.92 Å². The molecule has 18 heavy (non-hydrogen) atoms. The zero-order chi connectivity index (χ0) is 12.8. The molecule has 0 spiro atoms. The van der Waals surface area contributed by atoms with Gasteiger partial charge in [-0.2, -0.15) is 0 Å². The van der Waals surface area contributed by atoms with E-state index in [2.05, 4.69) is 26.0 Å². The van der Waals surface area contributed by atoms with Gasteiger partial charge in [-0.25, -0.2) is 0 Å². The third-order valence-electron chi connectivity index (χ3n) is 2.75. The highest BCUT2D eigenvalue weighted by Crippen LogP contribution is 2.16. The van der Waals surface area contributed by atoms with Crippen molar-refractivity contribution in [2.45, 2.75) is 26.4 Å². The maximum atomic E-state index is 5.59. The van der Waals surface area contributed by atoms with Gasteiger partial charge >= 0.3 is 0 Å². The van der Waals surface area contributed by atoms with Gasteiger partial charge in [-0.15, -0.1) is 0 Å². The molecule has 1 heterocycles. The van der Waals surface area contributed by atoms with Crippen LogP contribution in [0.15, 0.2) is 24.3 Å². The Kier molecular flexibility index (Phi) is 5.02. The van der Waals surface area contributed by atoms with Gasteiger partial charge in [-0.1, -0.05) is 26.0 Å². The third-order valence-corrected chi connectivity index (χ3v) is 2.75. The first-order chi connectivity index (χ1) is 8.74. The molecule has 3 nitrogen and oxygen atoms in total. The smallest absolute Gasteiger partial charge is 0.119 e. The summed E-state index contributed by atoms with van der Waals surface area (Å²) in [6.07, 6.45) is 1.27. The Labute approximate surface area is 109 Å². The fraction of sp³-hybridized carbons (Fsp3) is 0.600. The first-order valence-electron chi connectivity index (χ1n) is 6.65. The first kappa shape index (κ1) is 13.4. The van der Waals surface area contributed by atoms with Crippen LogP contribution in [0.1, 0.15) is 19.4 Å². The van der Waals surface area contributed by atoms with Crippen LogP contribution in [-0.4, -0.2) is 32.5 Å². The molecule has 0 saturated carbocycles. The van der Waals surface area contributed by atoms with Crippen molar-refractivity contribution >= 4 is 0 Å². The van der Waals surface area contributed by atoms with Crippen molar-refractivity contribution in [3.8, 4) is 5.75 Å². The van der Waals surface area contributed by atoms with Gasteiger partial charge < -0.3 is 14.2 Å². The van der Waals surface area contributed by atoms with Crippen LogP contribution in [0.2, 0.25) is 0 Å². The van der Waals surface area contributed by atoms with Crippen molar-refractivity contribution < 1.29 is 14.2 Å². The summed E-state index contributed by atoms with van der Waals surface area (Å²) in [5.41, 5.74) is 1.29. The summed E-state index contributed by atoms with van der Waals surface area (Å²) in [5.74, 6) is 1.52. The molecule has 1 aliphatic heterocycles.